The average Bonchev–Trinajstić information content (AvgIpc) is 2.31. The lowest BCUT2D eigenvalue weighted by atomic mass is 9.91. The van der Waals surface area contributed by atoms with Crippen molar-refractivity contribution in [1.82, 2.24) is 0 Å². The molecule has 1 unspecified atom stereocenters. The molecule has 0 aliphatic carbocycles. The summed E-state index contributed by atoms with van der Waals surface area (Å²) >= 11 is 0. The number of hydrogen-bond donors (Lipinski definition) is 0. The maximum absolute atomic E-state index is 11.5. The Kier molecular flexibility index (Phi) is 6.82. The van der Waals surface area contributed by atoms with Crippen molar-refractivity contribution in [3.05, 3.63) is 12.2 Å². The Morgan fingerprint density at radius 3 is 2.10 bits per heavy atom. The second-order valence-corrected chi connectivity index (χ2v) is 5.30. The molecule has 0 N–H and O–H groups in total. The van der Waals surface area contributed by atoms with Gasteiger partial charge in [-0.05, 0) is 19.9 Å². The Balaban J connectivity index is 4.18. The Morgan fingerprint density at radius 2 is 1.65 bits per heavy atom. The molecule has 0 rings (SSSR count). The maximum atomic E-state index is 11.5. The summed E-state index contributed by atoms with van der Waals surface area (Å²) < 4.78 is 9.27. The van der Waals surface area contributed by atoms with E-state index in [0.29, 0.717) is 0 Å². The zero-order valence-electron chi connectivity index (χ0n) is 12.4. The van der Waals surface area contributed by atoms with Gasteiger partial charge in [0.1, 0.15) is 0 Å². The maximum Gasteiger partial charge on any atom is 0.344 e. The molecule has 1 atom stereocenters. The number of hydrogen-bond acceptors (Lipinski definition) is 6. The van der Waals surface area contributed by atoms with Gasteiger partial charge in [-0.3, -0.25) is 9.59 Å². The molecule has 6 heteroatoms. The van der Waals surface area contributed by atoms with Crippen molar-refractivity contribution < 1.29 is 28.7 Å². The third-order valence-corrected chi connectivity index (χ3v) is 2.32. The number of ether oxygens (including phenoxy) is 2. The summed E-state index contributed by atoms with van der Waals surface area (Å²) in [6, 6.07) is 0. The van der Waals surface area contributed by atoms with Crippen molar-refractivity contribution in [3.8, 4) is 0 Å². The summed E-state index contributed by atoms with van der Waals surface area (Å²) in [7, 11) is 0. The lowest BCUT2D eigenvalue weighted by Crippen LogP contribution is -2.25. The molecule has 0 bridgehead atoms. The van der Waals surface area contributed by atoms with Gasteiger partial charge in [0.05, 0.1) is 0 Å². The zero-order valence-corrected chi connectivity index (χ0v) is 12.4. The first-order valence-electron chi connectivity index (χ1n) is 6.13. The fraction of sp³-hybridized carbons (Fsp3) is 0.571. The first-order valence-corrected chi connectivity index (χ1v) is 6.13. The number of carbonyl (C=O) groups is 4. The number of rotatable bonds is 6. The molecular formula is C14H20O6. The third-order valence-electron chi connectivity index (χ3n) is 2.32. The lowest BCUT2D eigenvalue weighted by Gasteiger charge is -2.12. The molecule has 0 aliphatic heterocycles. The fourth-order valence-corrected chi connectivity index (χ4v) is 0.886. The van der Waals surface area contributed by atoms with Gasteiger partial charge in [0.2, 0.25) is 0 Å². The number of esters is 2. The van der Waals surface area contributed by atoms with Crippen LogP contribution in [0, 0.1) is 5.41 Å². The Hall–Kier alpha value is -1.98. The van der Waals surface area contributed by atoms with E-state index in [0.717, 1.165) is 12.2 Å². The van der Waals surface area contributed by atoms with E-state index in [9.17, 15) is 19.2 Å². The highest BCUT2D eigenvalue weighted by molar-refractivity contribution is 5.98. The molecule has 6 nitrogen and oxygen atoms in total. The normalized spacial score (nSPS) is 12.8. The smallest absolute Gasteiger partial charge is 0.344 e. The van der Waals surface area contributed by atoms with Crippen molar-refractivity contribution >= 4 is 23.5 Å². The second kappa shape index (κ2) is 7.57. The van der Waals surface area contributed by atoms with Crippen LogP contribution in [0.5, 0.6) is 0 Å². The molecule has 112 valence electrons. The van der Waals surface area contributed by atoms with Crippen molar-refractivity contribution in [1.29, 1.82) is 0 Å². The minimum atomic E-state index is -0.876. The Bertz CT molecular complexity index is 427. The third kappa shape index (κ3) is 7.45. The van der Waals surface area contributed by atoms with E-state index in [1.54, 1.807) is 20.8 Å². The highest BCUT2D eigenvalue weighted by Crippen LogP contribution is 2.14. The van der Waals surface area contributed by atoms with E-state index < -0.39 is 30.1 Å². The summed E-state index contributed by atoms with van der Waals surface area (Å²) in [4.78, 5) is 44.8. The number of allylic oxidation sites excluding steroid dienone is 1. The molecule has 0 heterocycles. The summed E-state index contributed by atoms with van der Waals surface area (Å²) in [5, 5.41) is 0. The van der Waals surface area contributed by atoms with Crippen LogP contribution in [0.1, 0.15) is 34.6 Å². The molecule has 0 aromatic rings. The zero-order chi connectivity index (χ0) is 15.9. The van der Waals surface area contributed by atoms with Gasteiger partial charge in [-0.15, -0.1) is 0 Å². The van der Waals surface area contributed by atoms with Gasteiger partial charge >= 0.3 is 11.9 Å². The van der Waals surface area contributed by atoms with Gasteiger partial charge in [0, 0.05) is 11.5 Å². The van der Waals surface area contributed by atoms with Crippen molar-refractivity contribution in [3.63, 3.8) is 0 Å². The van der Waals surface area contributed by atoms with Crippen LogP contribution in [-0.2, 0) is 28.7 Å². The van der Waals surface area contributed by atoms with Crippen molar-refractivity contribution in [2.24, 2.45) is 5.41 Å². The Labute approximate surface area is 118 Å². The van der Waals surface area contributed by atoms with E-state index in [1.165, 1.54) is 13.8 Å². The number of Topliss-reactive ketones (excluding diaryl/α,β-unsaturated/α-hetero) is 1. The first-order chi connectivity index (χ1) is 9.04. The second-order valence-electron chi connectivity index (χ2n) is 5.30. The molecule has 0 amide bonds. The molecular weight excluding hydrogens is 264 g/mol. The monoisotopic (exact) mass is 284 g/mol. The van der Waals surface area contributed by atoms with Gasteiger partial charge in [-0.1, -0.05) is 20.8 Å². The number of ketones is 2. The van der Waals surface area contributed by atoms with Crippen LogP contribution in [0.15, 0.2) is 12.2 Å². The fourth-order valence-electron chi connectivity index (χ4n) is 0.886. The predicted octanol–water partition coefficient (Wildman–Crippen LogP) is 1.22. The summed E-state index contributed by atoms with van der Waals surface area (Å²) in [6.45, 7) is 7.24. The van der Waals surface area contributed by atoms with Gasteiger partial charge in [-0.25, -0.2) is 9.59 Å². The predicted molar refractivity (Wildman–Crippen MR) is 70.8 cm³/mol. The van der Waals surface area contributed by atoms with Crippen molar-refractivity contribution in [2.75, 3.05) is 6.61 Å². The first kappa shape index (κ1) is 18.0. The summed E-state index contributed by atoms with van der Waals surface area (Å²) in [5.41, 5.74) is -0.591. The van der Waals surface area contributed by atoms with Crippen LogP contribution < -0.4 is 0 Å². The minimum absolute atomic E-state index is 0.234. The molecule has 20 heavy (non-hydrogen) atoms. The molecule has 0 aromatic heterocycles. The average molecular weight is 284 g/mol. The van der Waals surface area contributed by atoms with Crippen LogP contribution in [0.2, 0.25) is 0 Å². The van der Waals surface area contributed by atoms with Gasteiger partial charge in [-0.2, -0.15) is 0 Å². The highest BCUT2D eigenvalue weighted by atomic mass is 16.6. The highest BCUT2D eigenvalue weighted by Gasteiger charge is 2.19. The van der Waals surface area contributed by atoms with Gasteiger partial charge in [0.25, 0.3) is 0 Å². The molecule has 0 fully saturated rings. The Morgan fingerprint density at radius 1 is 1.10 bits per heavy atom. The van der Waals surface area contributed by atoms with Gasteiger partial charge in [0.15, 0.2) is 24.3 Å². The summed E-state index contributed by atoms with van der Waals surface area (Å²) in [5.74, 6) is -2.19. The van der Waals surface area contributed by atoms with E-state index in [1.807, 2.05) is 0 Å². The topological polar surface area (TPSA) is 86.7 Å². The van der Waals surface area contributed by atoms with Crippen molar-refractivity contribution in [2.45, 2.75) is 40.7 Å². The van der Waals surface area contributed by atoms with Crippen LogP contribution in [0.25, 0.3) is 0 Å². The molecule has 0 aliphatic rings. The molecule has 0 saturated heterocycles. The standard InChI is InChI=1S/C14H20O6/c1-9(15)10(2)20-13(18)8-19-12(17)7-6-11(16)14(3,4)5/h6-7,10H,8H2,1-5H3/b7-6-. The largest absolute Gasteiger partial charge is 0.452 e. The van der Waals surface area contributed by atoms with Crippen LogP contribution in [0.4, 0.5) is 0 Å². The lowest BCUT2D eigenvalue weighted by molar-refractivity contribution is -0.161. The molecule has 0 aromatic carbocycles. The van der Waals surface area contributed by atoms with Crippen LogP contribution in [0.3, 0.4) is 0 Å². The van der Waals surface area contributed by atoms with Crippen LogP contribution >= 0.6 is 0 Å². The molecule has 0 radical (unpaired) electrons. The quantitative estimate of drug-likeness (QED) is 0.538. The molecule has 0 spiro atoms. The van der Waals surface area contributed by atoms with E-state index >= 15 is 0 Å². The van der Waals surface area contributed by atoms with E-state index in [4.69, 9.17) is 0 Å². The van der Waals surface area contributed by atoms with E-state index in [-0.39, 0.29) is 11.6 Å². The number of carbonyl (C=O) groups excluding carboxylic acids is 4. The SMILES string of the molecule is CC(=O)C(C)OC(=O)COC(=O)/C=C\C(=O)C(C)(C)C. The van der Waals surface area contributed by atoms with Crippen LogP contribution in [-0.4, -0.2) is 36.2 Å². The van der Waals surface area contributed by atoms with E-state index in [2.05, 4.69) is 9.47 Å². The minimum Gasteiger partial charge on any atom is -0.452 e. The van der Waals surface area contributed by atoms with Gasteiger partial charge < -0.3 is 9.47 Å². The molecule has 0 saturated carbocycles. The summed E-state index contributed by atoms with van der Waals surface area (Å²) in [6.07, 6.45) is 1.18.